The van der Waals surface area contributed by atoms with Gasteiger partial charge in [-0.1, -0.05) is 36.8 Å². The maximum atomic E-state index is 12.8. The van der Waals surface area contributed by atoms with Crippen LogP contribution in [0.2, 0.25) is 0 Å². The number of hydrogen-bond donors (Lipinski definition) is 0. The minimum atomic E-state index is -0.385. The zero-order valence-electron chi connectivity index (χ0n) is 15.7. The Morgan fingerprint density at radius 2 is 1.92 bits per heavy atom. The predicted molar refractivity (Wildman–Crippen MR) is 100 cm³/mol. The molecule has 0 aliphatic heterocycles. The van der Waals surface area contributed by atoms with E-state index in [2.05, 4.69) is 11.1 Å². The number of ether oxygens (including phenoxy) is 1. The molecule has 0 N–H and O–H groups in total. The highest BCUT2D eigenvalue weighted by atomic mass is 16.5. The molecule has 0 aliphatic carbocycles. The van der Waals surface area contributed by atoms with Gasteiger partial charge < -0.3 is 9.30 Å². The molecule has 7 nitrogen and oxygen atoms in total. The van der Waals surface area contributed by atoms with E-state index in [1.165, 1.54) is 11.6 Å². The largest absolute Gasteiger partial charge is 0.374 e. The maximum absolute atomic E-state index is 12.8. The molecule has 2 heterocycles. The summed E-state index contributed by atoms with van der Waals surface area (Å²) in [5.74, 6) is 0.647. The number of fused-ring (bicyclic) bond motifs is 1. The summed E-state index contributed by atoms with van der Waals surface area (Å²) < 4.78 is 10.1. The van der Waals surface area contributed by atoms with E-state index in [4.69, 9.17) is 4.74 Å². The van der Waals surface area contributed by atoms with Crippen molar-refractivity contribution in [2.75, 3.05) is 6.61 Å². The fourth-order valence-electron chi connectivity index (χ4n) is 3.07. The summed E-state index contributed by atoms with van der Waals surface area (Å²) in [5, 5.41) is 0. The average molecular weight is 356 g/mol. The van der Waals surface area contributed by atoms with Crippen LogP contribution < -0.4 is 11.2 Å². The van der Waals surface area contributed by atoms with Crippen LogP contribution in [-0.4, -0.2) is 25.3 Å². The highest BCUT2D eigenvalue weighted by molar-refractivity contribution is 5.71. The van der Waals surface area contributed by atoms with Crippen LogP contribution >= 0.6 is 0 Å². The molecule has 0 atom stereocenters. The van der Waals surface area contributed by atoms with Crippen molar-refractivity contribution in [3.8, 4) is 0 Å². The Labute approximate surface area is 151 Å². The summed E-state index contributed by atoms with van der Waals surface area (Å²) >= 11 is 0. The van der Waals surface area contributed by atoms with Crippen LogP contribution in [0.3, 0.4) is 0 Å². The molecule has 0 saturated heterocycles. The third-order valence-corrected chi connectivity index (χ3v) is 4.43. The molecule has 3 aromatic rings. The topological polar surface area (TPSA) is 71.1 Å². The standard InChI is InChI=1S/C19H24N4O3/c1-5-9-26-12-15-20-17-16(18(24)22(4)19(25)21(17)3)23(15)11-14-8-6-7-13(2)10-14/h6-8,10H,5,9,11-12H2,1-4H3. The van der Waals surface area contributed by atoms with Gasteiger partial charge >= 0.3 is 5.69 Å². The van der Waals surface area contributed by atoms with Gasteiger partial charge in [0.25, 0.3) is 5.56 Å². The Kier molecular flexibility index (Phi) is 5.08. The number of hydrogen-bond acceptors (Lipinski definition) is 4. The van der Waals surface area contributed by atoms with E-state index in [0.29, 0.717) is 36.7 Å². The van der Waals surface area contributed by atoms with Crippen LogP contribution in [0.15, 0.2) is 33.9 Å². The van der Waals surface area contributed by atoms with E-state index < -0.39 is 0 Å². The van der Waals surface area contributed by atoms with E-state index >= 15 is 0 Å². The van der Waals surface area contributed by atoms with Crippen LogP contribution in [0.1, 0.15) is 30.3 Å². The van der Waals surface area contributed by atoms with Crippen molar-refractivity contribution in [3.63, 3.8) is 0 Å². The monoisotopic (exact) mass is 356 g/mol. The van der Waals surface area contributed by atoms with Crippen molar-refractivity contribution in [2.45, 2.75) is 33.4 Å². The van der Waals surface area contributed by atoms with E-state index in [1.54, 1.807) is 7.05 Å². The molecule has 0 amide bonds. The van der Waals surface area contributed by atoms with Crippen molar-refractivity contribution < 1.29 is 4.74 Å². The molecule has 2 aromatic heterocycles. The molecule has 1 aromatic carbocycles. The molecule has 0 unspecified atom stereocenters. The summed E-state index contributed by atoms with van der Waals surface area (Å²) in [4.78, 5) is 29.6. The van der Waals surface area contributed by atoms with Gasteiger partial charge in [0.05, 0.1) is 0 Å². The summed E-state index contributed by atoms with van der Waals surface area (Å²) in [7, 11) is 3.12. The molecule has 0 bridgehead atoms. The highest BCUT2D eigenvalue weighted by Gasteiger charge is 2.19. The van der Waals surface area contributed by atoms with Crippen LogP contribution in [0.4, 0.5) is 0 Å². The second kappa shape index (κ2) is 7.29. The molecule has 0 saturated carbocycles. The zero-order valence-corrected chi connectivity index (χ0v) is 15.7. The van der Waals surface area contributed by atoms with Gasteiger partial charge in [0.1, 0.15) is 12.4 Å². The molecular formula is C19H24N4O3. The normalized spacial score (nSPS) is 11.4. The number of nitrogens with zero attached hydrogens (tertiary/aromatic N) is 4. The number of aromatic nitrogens is 4. The molecule has 0 radical (unpaired) electrons. The number of aryl methyl sites for hydroxylation is 2. The van der Waals surface area contributed by atoms with Crippen molar-refractivity contribution in [1.82, 2.24) is 18.7 Å². The summed E-state index contributed by atoms with van der Waals surface area (Å²) in [6.45, 7) is 5.48. The van der Waals surface area contributed by atoms with Gasteiger partial charge in [0.15, 0.2) is 11.2 Å². The first-order valence-corrected chi connectivity index (χ1v) is 8.72. The molecule has 0 spiro atoms. The quantitative estimate of drug-likeness (QED) is 0.631. The minimum absolute atomic E-state index is 0.297. The Bertz CT molecular complexity index is 1060. The Morgan fingerprint density at radius 1 is 1.15 bits per heavy atom. The SMILES string of the molecule is CCCOCc1nc2c(c(=O)n(C)c(=O)n2C)n1Cc1cccc(C)c1. The van der Waals surface area contributed by atoms with Gasteiger partial charge in [-0.25, -0.2) is 9.78 Å². The fourth-order valence-corrected chi connectivity index (χ4v) is 3.07. The number of benzene rings is 1. The van der Waals surface area contributed by atoms with Crippen LogP contribution in [-0.2, 0) is 32.0 Å². The van der Waals surface area contributed by atoms with Gasteiger partial charge in [-0.3, -0.25) is 13.9 Å². The molecular weight excluding hydrogens is 332 g/mol. The first kappa shape index (κ1) is 18.1. The van der Waals surface area contributed by atoms with Gasteiger partial charge in [0, 0.05) is 27.2 Å². The first-order valence-electron chi connectivity index (χ1n) is 8.72. The Morgan fingerprint density at radius 3 is 2.62 bits per heavy atom. The van der Waals surface area contributed by atoms with E-state index in [9.17, 15) is 9.59 Å². The zero-order chi connectivity index (χ0) is 18.8. The number of imidazole rings is 1. The summed E-state index contributed by atoms with van der Waals surface area (Å²) in [6.07, 6.45) is 0.901. The van der Waals surface area contributed by atoms with Crippen molar-refractivity contribution in [1.29, 1.82) is 0 Å². The molecule has 26 heavy (non-hydrogen) atoms. The van der Waals surface area contributed by atoms with E-state index in [-0.39, 0.29) is 11.2 Å². The lowest BCUT2D eigenvalue weighted by molar-refractivity contribution is 0.114. The van der Waals surface area contributed by atoms with E-state index in [1.807, 2.05) is 36.6 Å². The van der Waals surface area contributed by atoms with Crippen molar-refractivity contribution in [3.05, 3.63) is 62.1 Å². The second-order valence-corrected chi connectivity index (χ2v) is 6.53. The fraction of sp³-hybridized carbons (Fsp3) is 0.421. The van der Waals surface area contributed by atoms with Crippen LogP contribution in [0.25, 0.3) is 11.2 Å². The van der Waals surface area contributed by atoms with Crippen LogP contribution in [0, 0.1) is 6.92 Å². The number of rotatable bonds is 6. The molecule has 0 fully saturated rings. The lowest BCUT2D eigenvalue weighted by atomic mass is 10.1. The molecule has 3 rings (SSSR count). The third kappa shape index (κ3) is 3.22. The third-order valence-electron chi connectivity index (χ3n) is 4.43. The lowest BCUT2D eigenvalue weighted by Gasteiger charge is -2.10. The maximum Gasteiger partial charge on any atom is 0.332 e. The average Bonchev–Trinajstić information content (AvgIpc) is 2.97. The van der Waals surface area contributed by atoms with Gasteiger partial charge in [-0.15, -0.1) is 0 Å². The van der Waals surface area contributed by atoms with Gasteiger partial charge in [0.2, 0.25) is 0 Å². The van der Waals surface area contributed by atoms with Crippen LogP contribution in [0.5, 0.6) is 0 Å². The Balaban J connectivity index is 2.21. The highest BCUT2D eigenvalue weighted by Crippen LogP contribution is 2.16. The Hall–Kier alpha value is -2.67. The van der Waals surface area contributed by atoms with Gasteiger partial charge in [-0.2, -0.15) is 0 Å². The smallest absolute Gasteiger partial charge is 0.332 e. The van der Waals surface area contributed by atoms with E-state index in [0.717, 1.165) is 22.1 Å². The minimum Gasteiger partial charge on any atom is -0.374 e. The summed E-state index contributed by atoms with van der Waals surface area (Å²) in [5.41, 5.74) is 2.30. The van der Waals surface area contributed by atoms with Crippen molar-refractivity contribution in [2.24, 2.45) is 14.1 Å². The second-order valence-electron chi connectivity index (χ2n) is 6.53. The summed E-state index contributed by atoms with van der Waals surface area (Å²) in [6, 6.07) is 8.12. The predicted octanol–water partition coefficient (Wildman–Crippen LogP) is 1.72. The van der Waals surface area contributed by atoms with Gasteiger partial charge in [-0.05, 0) is 18.9 Å². The molecule has 0 aliphatic rings. The molecule has 138 valence electrons. The lowest BCUT2D eigenvalue weighted by Crippen LogP contribution is -2.37. The molecule has 7 heteroatoms. The van der Waals surface area contributed by atoms with Crippen molar-refractivity contribution >= 4 is 11.2 Å². The first-order chi connectivity index (χ1) is 12.4.